The van der Waals surface area contributed by atoms with E-state index in [4.69, 9.17) is 0 Å². The smallest absolute Gasteiger partial charge is 0.134 e. The van der Waals surface area contributed by atoms with Crippen molar-refractivity contribution in [1.29, 1.82) is 0 Å². The van der Waals surface area contributed by atoms with E-state index in [0.29, 0.717) is 12.5 Å². The molecule has 2 N–H and O–H groups in total. The zero-order valence-electron chi connectivity index (χ0n) is 12.8. The maximum atomic E-state index is 13.2. The number of nitrogens with zero attached hydrogens (tertiary/aromatic N) is 2. The molecule has 1 saturated heterocycles. The van der Waals surface area contributed by atoms with Crippen molar-refractivity contribution in [1.82, 2.24) is 15.3 Å². The van der Waals surface area contributed by atoms with Crippen LogP contribution in [0, 0.1) is 12.7 Å². The number of anilines is 1. The minimum absolute atomic E-state index is 0.214. The Bertz CT molecular complexity index is 638. The molecule has 0 aliphatic carbocycles. The third-order valence-electron chi connectivity index (χ3n) is 3.94. The molecule has 1 aliphatic heterocycles. The highest BCUT2D eigenvalue weighted by Gasteiger charge is 2.18. The molecule has 22 heavy (non-hydrogen) atoms. The molecular formula is C17H21FN4. The first-order chi connectivity index (χ1) is 10.7. The second-order valence-electron chi connectivity index (χ2n) is 5.76. The molecule has 1 aromatic carbocycles. The van der Waals surface area contributed by atoms with Crippen LogP contribution in [-0.2, 0) is 6.54 Å². The van der Waals surface area contributed by atoms with Crippen LogP contribution >= 0.6 is 0 Å². The van der Waals surface area contributed by atoms with E-state index >= 15 is 0 Å². The van der Waals surface area contributed by atoms with E-state index < -0.39 is 0 Å². The summed E-state index contributed by atoms with van der Waals surface area (Å²) in [5, 5.41) is 6.63. The predicted octanol–water partition coefficient (Wildman–Crippen LogP) is 3.00. The maximum absolute atomic E-state index is 13.2. The minimum Gasteiger partial charge on any atom is -0.366 e. The standard InChI is InChI=1S/C17H21FN4/c1-12-9-16(20-11-13-3-2-4-15(18)10-13)22-17(21-12)14-5-7-19-8-6-14/h2-4,9-10,14,19H,5-8,11H2,1H3,(H,20,21,22). The third kappa shape index (κ3) is 3.80. The lowest BCUT2D eigenvalue weighted by molar-refractivity contribution is 0.444. The van der Waals surface area contributed by atoms with Crippen LogP contribution in [0.3, 0.4) is 0 Å². The fraction of sp³-hybridized carbons (Fsp3) is 0.412. The van der Waals surface area contributed by atoms with Crippen molar-refractivity contribution < 1.29 is 4.39 Å². The first-order valence-electron chi connectivity index (χ1n) is 7.75. The van der Waals surface area contributed by atoms with Gasteiger partial charge in [0.15, 0.2) is 0 Å². The summed E-state index contributed by atoms with van der Waals surface area (Å²) in [6.07, 6.45) is 2.15. The monoisotopic (exact) mass is 300 g/mol. The molecule has 0 bridgehead atoms. The predicted molar refractivity (Wildman–Crippen MR) is 85.3 cm³/mol. The molecule has 0 spiro atoms. The average molecular weight is 300 g/mol. The molecule has 2 aromatic rings. The van der Waals surface area contributed by atoms with E-state index in [1.54, 1.807) is 6.07 Å². The van der Waals surface area contributed by atoms with Gasteiger partial charge in [0, 0.05) is 24.2 Å². The molecule has 0 radical (unpaired) electrons. The number of hydrogen-bond acceptors (Lipinski definition) is 4. The van der Waals surface area contributed by atoms with Crippen molar-refractivity contribution in [2.75, 3.05) is 18.4 Å². The Balaban J connectivity index is 1.71. The Morgan fingerprint density at radius 1 is 1.23 bits per heavy atom. The number of rotatable bonds is 4. The van der Waals surface area contributed by atoms with Crippen molar-refractivity contribution in [3.05, 3.63) is 53.2 Å². The summed E-state index contributed by atoms with van der Waals surface area (Å²) in [6, 6.07) is 8.54. The molecule has 1 aliphatic rings. The highest BCUT2D eigenvalue weighted by atomic mass is 19.1. The van der Waals surface area contributed by atoms with Gasteiger partial charge in [-0.25, -0.2) is 14.4 Å². The number of hydrogen-bond donors (Lipinski definition) is 2. The lowest BCUT2D eigenvalue weighted by Crippen LogP contribution is -2.27. The Kier molecular flexibility index (Phi) is 4.63. The lowest BCUT2D eigenvalue weighted by Gasteiger charge is -2.22. The quantitative estimate of drug-likeness (QED) is 0.911. The number of benzene rings is 1. The molecular weight excluding hydrogens is 279 g/mol. The number of nitrogens with one attached hydrogen (secondary N) is 2. The van der Waals surface area contributed by atoms with Crippen LogP contribution in [0.2, 0.25) is 0 Å². The number of halogens is 1. The summed E-state index contributed by atoms with van der Waals surface area (Å²) in [5.74, 6) is 1.94. The number of piperidine rings is 1. The molecule has 0 atom stereocenters. The summed E-state index contributed by atoms with van der Waals surface area (Å²) in [6.45, 7) is 4.58. The highest BCUT2D eigenvalue weighted by Crippen LogP contribution is 2.23. The van der Waals surface area contributed by atoms with Gasteiger partial charge in [-0.15, -0.1) is 0 Å². The van der Waals surface area contributed by atoms with Crippen molar-refractivity contribution >= 4 is 5.82 Å². The molecule has 5 heteroatoms. The van der Waals surface area contributed by atoms with E-state index in [9.17, 15) is 4.39 Å². The Hall–Kier alpha value is -2.01. The Morgan fingerprint density at radius 2 is 2.05 bits per heavy atom. The van der Waals surface area contributed by atoms with Gasteiger partial charge < -0.3 is 10.6 Å². The summed E-state index contributed by atoms with van der Waals surface area (Å²) in [5.41, 5.74) is 1.87. The fourth-order valence-corrected chi connectivity index (χ4v) is 2.78. The van der Waals surface area contributed by atoms with Crippen LogP contribution in [0.1, 0.15) is 35.8 Å². The van der Waals surface area contributed by atoms with Gasteiger partial charge in [-0.2, -0.15) is 0 Å². The van der Waals surface area contributed by atoms with Crippen molar-refractivity contribution in [2.45, 2.75) is 32.2 Å². The topological polar surface area (TPSA) is 49.8 Å². The Morgan fingerprint density at radius 3 is 2.82 bits per heavy atom. The zero-order valence-corrected chi connectivity index (χ0v) is 12.8. The van der Waals surface area contributed by atoms with Gasteiger partial charge in [-0.1, -0.05) is 12.1 Å². The molecule has 4 nitrogen and oxygen atoms in total. The maximum Gasteiger partial charge on any atom is 0.134 e. The van der Waals surface area contributed by atoms with Gasteiger partial charge in [0.05, 0.1) is 0 Å². The first-order valence-corrected chi connectivity index (χ1v) is 7.75. The van der Waals surface area contributed by atoms with Crippen molar-refractivity contribution in [2.24, 2.45) is 0 Å². The van der Waals surface area contributed by atoms with Crippen LogP contribution in [0.4, 0.5) is 10.2 Å². The molecule has 1 fully saturated rings. The summed E-state index contributed by atoms with van der Waals surface area (Å²) in [7, 11) is 0. The summed E-state index contributed by atoms with van der Waals surface area (Å²) in [4.78, 5) is 9.24. The molecule has 0 unspecified atom stereocenters. The number of aromatic nitrogens is 2. The molecule has 0 saturated carbocycles. The van der Waals surface area contributed by atoms with Crippen LogP contribution in [0.15, 0.2) is 30.3 Å². The first kappa shape index (κ1) is 14.9. The molecule has 1 aromatic heterocycles. The van der Waals surface area contributed by atoms with Gasteiger partial charge in [-0.3, -0.25) is 0 Å². The number of aryl methyl sites for hydroxylation is 1. The van der Waals surface area contributed by atoms with Gasteiger partial charge in [-0.05, 0) is 50.6 Å². The fourth-order valence-electron chi connectivity index (χ4n) is 2.78. The highest BCUT2D eigenvalue weighted by molar-refractivity contribution is 5.37. The van der Waals surface area contributed by atoms with Gasteiger partial charge in [0.1, 0.15) is 17.5 Å². The van der Waals surface area contributed by atoms with E-state index in [0.717, 1.165) is 48.8 Å². The largest absolute Gasteiger partial charge is 0.366 e. The summed E-state index contributed by atoms with van der Waals surface area (Å²) < 4.78 is 13.2. The van der Waals surface area contributed by atoms with Crippen molar-refractivity contribution in [3.63, 3.8) is 0 Å². The van der Waals surface area contributed by atoms with E-state index in [2.05, 4.69) is 20.6 Å². The molecule has 116 valence electrons. The van der Waals surface area contributed by atoms with Gasteiger partial charge in [0.25, 0.3) is 0 Å². The van der Waals surface area contributed by atoms with Crippen LogP contribution in [0.5, 0.6) is 0 Å². The minimum atomic E-state index is -0.214. The van der Waals surface area contributed by atoms with Gasteiger partial charge in [0.2, 0.25) is 0 Å². The average Bonchev–Trinajstić information content (AvgIpc) is 2.53. The third-order valence-corrected chi connectivity index (χ3v) is 3.94. The lowest BCUT2D eigenvalue weighted by atomic mass is 9.97. The molecule has 2 heterocycles. The van der Waals surface area contributed by atoms with Crippen LogP contribution < -0.4 is 10.6 Å². The SMILES string of the molecule is Cc1cc(NCc2cccc(F)c2)nc(C2CCNCC2)n1. The van der Waals surface area contributed by atoms with Crippen molar-refractivity contribution in [3.8, 4) is 0 Å². The molecule has 0 amide bonds. The second-order valence-corrected chi connectivity index (χ2v) is 5.76. The van der Waals surface area contributed by atoms with Crippen LogP contribution in [0.25, 0.3) is 0 Å². The summed E-state index contributed by atoms with van der Waals surface area (Å²) >= 11 is 0. The zero-order chi connectivity index (χ0) is 15.4. The Labute approximate surface area is 130 Å². The van der Waals surface area contributed by atoms with Crippen LogP contribution in [-0.4, -0.2) is 23.1 Å². The molecule has 3 rings (SSSR count). The normalized spacial score (nSPS) is 15.7. The second kappa shape index (κ2) is 6.83. The van der Waals surface area contributed by atoms with E-state index in [-0.39, 0.29) is 5.82 Å². The van der Waals surface area contributed by atoms with Gasteiger partial charge >= 0.3 is 0 Å². The van der Waals surface area contributed by atoms with E-state index in [1.807, 2.05) is 19.1 Å². The van der Waals surface area contributed by atoms with E-state index in [1.165, 1.54) is 12.1 Å².